The zero-order chi connectivity index (χ0) is 9.10. The van der Waals surface area contributed by atoms with E-state index in [9.17, 15) is 0 Å². The highest BCUT2D eigenvalue weighted by Gasteiger charge is 1.95. The number of nitrogens with one attached hydrogen (secondary N) is 2. The van der Waals surface area contributed by atoms with Crippen LogP contribution >= 0.6 is 0 Å². The molecule has 0 aliphatic rings. The van der Waals surface area contributed by atoms with Gasteiger partial charge in [0, 0.05) is 23.9 Å². The first-order valence-corrected chi connectivity index (χ1v) is 4.71. The molecular formula is C11H14N2. The van der Waals surface area contributed by atoms with Gasteiger partial charge in [0.05, 0.1) is 0 Å². The second-order valence-corrected chi connectivity index (χ2v) is 3.21. The molecule has 0 bridgehead atoms. The Kier molecular flexibility index (Phi) is 2.21. The van der Waals surface area contributed by atoms with E-state index in [1.54, 1.807) is 0 Å². The van der Waals surface area contributed by atoms with Crippen LogP contribution < -0.4 is 5.32 Å². The van der Waals surface area contributed by atoms with Crippen LogP contribution in [0.4, 0.5) is 5.69 Å². The number of hydrogen-bond acceptors (Lipinski definition) is 1. The molecule has 0 saturated carbocycles. The van der Waals surface area contributed by atoms with E-state index in [2.05, 4.69) is 41.5 Å². The molecule has 0 saturated heterocycles. The van der Waals surface area contributed by atoms with Crippen molar-refractivity contribution in [3.8, 4) is 0 Å². The van der Waals surface area contributed by atoms with Crippen molar-refractivity contribution in [2.45, 2.75) is 13.3 Å². The van der Waals surface area contributed by atoms with Gasteiger partial charge in [0.2, 0.25) is 0 Å². The number of aromatic amines is 1. The number of fused-ring (bicyclic) bond motifs is 1. The standard InChI is InChI=1S/C11H14N2/c1-2-6-12-10-4-3-9-5-7-13-11(9)8-10/h3-5,7-8,12-13H,2,6H2,1H3. The smallest absolute Gasteiger partial charge is 0.0474 e. The summed E-state index contributed by atoms with van der Waals surface area (Å²) in [5.74, 6) is 0. The van der Waals surface area contributed by atoms with Crippen LogP contribution in [0.2, 0.25) is 0 Å². The monoisotopic (exact) mass is 174 g/mol. The lowest BCUT2D eigenvalue weighted by Crippen LogP contribution is -1.98. The Morgan fingerprint density at radius 3 is 3.08 bits per heavy atom. The van der Waals surface area contributed by atoms with Crippen LogP contribution in [-0.2, 0) is 0 Å². The molecule has 0 spiro atoms. The lowest BCUT2D eigenvalue weighted by molar-refractivity contribution is 0.980. The lowest BCUT2D eigenvalue weighted by Gasteiger charge is -2.03. The zero-order valence-electron chi connectivity index (χ0n) is 7.80. The predicted octanol–water partition coefficient (Wildman–Crippen LogP) is 2.99. The number of hydrogen-bond donors (Lipinski definition) is 2. The van der Waals surface area contributed by atoms with Crippen LogP contribution in [0.5, 0.6) is 0 Å². The van der Waals surface area contributed by atoms with Crippen LogP contribution in [0.3, 0.4) is 0 Å². The Morgan fingerprint density at radius 1 is 1.31 bits per heavy atom. The maximum Gasteiger partial charge on any atom is 0.0474 e. The summed E-state index contributed by atoms with van der Waals surface area (Å²) in [6.45, 7) is 3.20. The van der Waals surface area contributed by atoms with Gasteiger partial charge in [-0.05, 0) is 30.0 Å². The highest BCUT2D eigenvalue weighted by molar-refractivity contribution is 5.82. The van der Waals surface area contributed by atoms with E-state index in [4.69, 9.17) is 0 Å². The molecule has 2 N–H and O–H groups in total. The highest BCUT2D eigenvalue weighted by Crippen LogP contribution is 2.17. The number of H-pyrrole nitrogens is 1. The minimum atomic E-state index is 1.03. The summed E-state index contributed by atoms with van der Waals surface area (Å²) in [6, 6.07) is 8.47. The van der Waals surface area contributed by atoms with E-state index in [1.165, 1.54) is 16.6 Å². The molecule has 0 unspecified atom stereocenters. The Hall–Kier alpha value is -1.44. The lowest BCUT2D eigenvalue weighted by atomic mass is 10.2. The van der Waals surface area contributed by atoms with Crippen molar-refractivity contribution in [3.05, 3.63) is 30.5 Å². The molecule has 2 rings (SSSR count). The van der Waals surface area contributed by atoms with E-state index < -0.39 is 0 Å². The summed E-state index contributed by atoms with van der Waals surface area (Å²) in [5, 5.41) is 4.62. The predicted molar refractivity (Wildman–Crippen MR) is 57.1 cm³/mol. The van der Waals surface area contributed by atoms with E-state index in [-0.39, 0.29) is 0 Å². The van der Waals surface area contributed by atoms with Crippen LogP contribution in [0.15, 0.2) is 30.5 Å². The van der Waals surface area contributed by atoms with Crippen molar-refractivity contribution in [3.63, 3.8) is 0 Å². The fourth-order valence-electron chi connectivity index (χ4n) is 1.43. The molecule has 13 heavy (non-hydrogen) atoms. The molecule has 0 aliphatic heterocycles. The largest absolute Gasteiger partial charge is 0.385 e. The second kappa shape index (κ2) is 3.52. The summed E-state index contributed by atoms with van der Waals surface area (Å²) in [4.78, 5) is 3.20. The molecule has 2 heteroatoms. The molecule has 1 aromatic heterocycles. The Bertz CT molecular complexity index is 390. The first kappa shape index (κ1) is 8.17. The van der Waals surface area contributed by atoms with E-state index in [1.807, 2.05) is 6.20 Å². The summed E-state index contributed by atoms with van der Waals surface area (Å²) >= 11 is 0. The summed E-state index contributed by atoms with van der Waals surface area (Å²) in [6.07, 6.45) is 3.12. The van der Waals surface area contributed by atoms with Gasteiger partial charge >= 0.3 is 0 Å². The number of benzene rings is 1. The molecule has 2 aromatic rings. The quantitative estimate of drug-likeness (QED) is 0.735. The number of aromatic nitrogens is 1. The van der Waals surface area contributed by atoms with Gasteiger partial charge in [0.25, 0.3) is 0 Å². The van der Waals surface area contributed by atoms with Gasteiger partial charge in [0.15, 0.2) is 0 Å². The van der Waals surface area contributed by atoms with Gasteiger partial charge in [-0.3, -0.25) is 0 Å². The van der Waals surface area contributed by atoms with Crippen molar-refractivity contribution < 1.29 is 0 Å². The van der Waals surface area contributed by atoms with Crippen LogP contribution in [-0.4, -0.2) is 11.5 Å². The van der Waals surface area contributed by atoms with E-state index >= 15 is 0 Å². The minimum absolute atomic E-state index is 1.03. The molecule has 68 valence electrons. The Balaban J connectivity index is 2.26. The average Bonchev–Trinajstić information content (AvgIpc) is 2.61. The third-order valence-electron chi connectivity index (χ3n) is 2.13. The fourth-order valence-corrected chi connectivity index (χ4v) is 1.43. The first-order chi connectivity index (χ1) is 6.40. The number of rotatable bonds is 3. The maximum absolute atomic E-state index is 3.36. The van der Waals surface area contributed by atoms with Crippen LogP contribution in [0.25, 0.3) is 10.9 Å². The first-order valence-electron chi connectivity index (χ1n) is 4.71. The van der Waals surface area contributed by atoms with Crippen molar-refractivity contribution >= 4 is 16.6 Å². The van der Waals surface area contributed by atoms with Gasteiger partial charge in [0.1, 0.15) is 0 Å². The molecular weight excluding hydrogens is 160 g/mol. The average molecular weight is 174 g/mol. The molecule has 1 heterocycles. The molecule has 2 nitrogen and oxygen atoms in total. The molecule has 0 radical (unpaired) electrons. The van der Waals surface area contributed by atoms with Crippen molar-refractivity contribution in [1.82, 2.24) is 4.98 Å². The van der Waals surface area contributed by atoms with E-state index in [0.717, 1.165) is 13.0 Å². The molecule has 0 aliphatic carbocycles. The Labute approximate surface area is 78.0 Å². The fraction of sp³-hybridized carbons (Fsp3) is 0.273. The SMILES string of the molecule is CCCNc1ccc2cc[nH]c2c1. The van der Waals surface area contributed by atoms with Crippen molar-refractivity contribution in [2.24, 2.45) is 0 Å². The summed E-state index contributed by atoms with van der Waals surface area (Å²) in [7, 11) is 0. The van der Waals surface area contributed by atoms with E-state index in [0.29, 0.717) is 0 Å². The second-order valence-electron chi connectivity index (χ2n) is 3.21. The Morgan fingerprint density at radius 2 is 2.23 bits per heavy atom. The third-order valence-corrected chi connectivity index (χ3v) is 2.13. The van der Waals surface area contributed by atoms with Gasteiger partial charge in [-0.25, -0.2) is 0 Å². The highest BCUT2D eigenvalue weighted by atomic mass is 14.9. The maximum atomic E-state index is 3.36. The van der Waals surface area contributed by atoms with Gasteiger partial charge in [-0.15, -0.1) is 0 Å². The van der Waals surface area contributed by atoms with Crippen molar-refractivity contribution in [1.29, 1.82) is 0 Å². The normalized spacial score (nSPS) is 10.5. The molecule has 1 aromatic carbocycles. The van der Waals surface area contributed by atoms with Gasteiger partial charge in [-0.1, -0.05) is 13.0 Å². The molecule has 0 fully saturated rings. The topological polar surface area (TPSA) is 27.8 Å². The van der Waals surface area contributed by atoms with Gasteiger partial charge < -0.3 is 10.3 Å². The van der Waals surface area contributed by atoms with Crippen molar-refractivity contribution in [2.75, 3.05) is 11.9 Å². The molecule has 0 atom stereocenters. The minimum Gasteiger partial charge on any atom is -0.385 e. The third kappa shape index (κ3) is 1.66. The van der Waals surface area contributed by atoms with Crippen LogP contribution in [0.1, 0.15) is 13.3 Å². The van der Waals surface area contributed by atoms with Gasteiger partial charge in [-0.2, -0.15) is 0 Å². The molecule has 0 amide bonds. The summed E-state index contributed by atoms with van der Waals surface area (Å²) < 4.78 is 0. The number of anilines is 1. The zero-order valence-corrected chi connectivity index (χ0v) is 7.80. The summed E-state index contributed by atoms with van der Waals surface area (Å²) in [5.41, 5.74) is 2.39. The van der Waals surface area contributed by atoms with Crippen LogP contribution in [0, 0.1) is 0 Å².